The van der Waals surface area contributed by atoms with E-state index >= 15 is 0 Å². The van der Waals surface area contributed by atoms with Crippen LogP contribution in [-0.4, -0.2) is 46.1 Å². The van der Waals surface area contributed by atoms with Crippen LogP contribution < -0.4 is 5.32 Å². The van der Waals surface area contributed by atoms with Crippen LogP contribution in [0, 0.1) is 11.8 Å². The number of benzene rings is 1. The van der Waals surface area contributed by atoms with Crippen molar-refractivity contribution < 1.29 is 14.3 Å². The monoisotopic (exact) mass is 448 g/mol. The summed E-state index contributed by atoms with van der Waals surface area (Å²) in [6.07, 6.45) is 2.50. The first kappa shape index (κ1) is 19.2. The quantitative estimate of drug-likeness (QED) is 0.744. The van der Waals surface area contributed by atoms with Gasteiger partial charge in [0.05, 0.1) is 24.2 Å². The number of nitrogens with zero attached hydrogens (tertiary/aromatic N) is 2. The number of amides is 2. The first-order chi connectivity index (χ1) is 13.4. The van der Waals surface area contributed by atoms with Crippen LogP contribution in [-0.2, 0) is 9.53 Å². The van der Waals surface area contributed by atoms with Gasteiger partial charge in [0.25, 0.3) is 0 Å². The molecule has 2 aromatic rings. The van der Waals surface area contributed by atoms with Gasteiger partial charge in [0, 0.05) is 10.5 Å². The number of hydrogen-bond acceptors (Lipinski definition) is 4. The van der Waals surface area contributed by atoms with Gasteiger partial charge in [0.2, 0.25) is 5.91 Å². The van der Waals surface area contributed by atoms with Crippen molar-refractivity contribution in [2.45, 2.75) is 51.2 Å². The molecule has 4 atom stereocenters. The molecule has 150 valence electrons. The molecular formula is C20H25BrN4O3. The molecular weight excluding hydrogens is 424 g/mol. The summed E-state index contributed by atoms with van der Waals surface area (Å²) in [6, 6.07) is 5.43. The third kappa shape index (κ3) is 3.27. The lowest BCUT2D eigenvalue weighted by Crippen LogP contribution is -2.54. The molecule has 7 nitrogen and oxygen atoms in total. The highest BCUT2D eigenvalue weighted by Gasteiger charge is 2.51. The van der Waals surface area contributed by atoms with E-state index in [0.717, 1.165) is 40.6 Å². The highest BCUT2D eigenvalue weighted by molar-refractivity contribution is 9.10. The maximum absolute atomic E-state index is 13.5. The smallest absolute Gasteiger partial charge is 0.407 e. The molecule has 1 aromatic heterocycles. The second-order valence-corrected chi connectivity index (χ2v) is 8.97. The fraction of sp³-hybridized carbons (Fsp3) is 0.550. The second-order valence-electron chi connectivity index (χ2n) is 8.06. The van der Waals surface area contributed by atoms with Crippen molar-refractivity contribution >= 4 is 39.0 Å². The summed E-state index contributed by atoms with van der Waals surface area (Å²) in [5.41, 5.74) is 1.84. The van der Waals surface area contributed by atoms with E-state index in [4.69, 9.17) is 9.72 Å². The van der Waals surface area contributed by atoms with Crippen LogP contribution >= 0.6 is 15.9 Å². The van der Waals surface area contributed by atoms with Crippen molar-refractivity contribution in [3.8, 4) is 0 Å². The van der Waals surface area contributed by atoms with Gasteiger partial charge < -0.3 is 19.9 Å². The number of carbonyl (C=O) groups is 2. The largest absolute Gasteiger partial charge is 0.453 e. The number of imidazole rings is 1. The molecule has 2 heterocycles. The summed E-state index contributed by atoms with van der Waals surface area (Å²) >= 11 is 3.49. The molecule has 1 aromatic carbocycles. The Morgan fingerprint density at radius 1 is 1.36 bits per heavy atom. The molecule has 1 aliphatic heterocycles. The Labute approximate surface area is 172 Å². The number of piperidine rings is 1. The van der Waals surface area contributed by atoms with E-state index in [9.17, 15) is 9.59 Å². The number of carbonyl (C=O) groups excluding carboxylic acids is 2. The molecule has 0 spiro atoms. The average Bonchev–Trinajstić information content (AvgIpc) is 3.37. The lowest BCUT2D eigenvalue weighted by Gasteiger charge is -2.37. The predicted molar refractivity (Wildman–Crippen MR) is 109 cm³/mol. The summed E-state index contributed by atoms with van der Waals surface area (Å²) in [4.78, 5) is 35.4. The van der Waals surface area contributed by atoms with Crippen LogP contribution in [0.4, 0.5) is 4.79 Å². The highest BCUT2D eigenvalue weighted by Crippen LogP contribution is 2.50. The van der Waals surface area contributed by atoms with Gasteiger partial charge in [-0.2, -0.15) is 0 Å². The van der Waals surface area contributed by atoms with E-state index in [1.165, 1.54) is 7.11 Å². The summed E-state index contributed by atoms with van der Waals surface area (Å²) in [5, 5.41) is 2.72. The van der Waals surface area contributed by atoms with E-state index in [1.807, 2.05) is 36.9 Å². The number of H-pyrrole nitrogens is 1. The van der Waals surface area contributed by atoms with E-state index in [-0.39, 0.29) is 23.9 Å². The van der Waals surface area contributed by atoms with Crippen LogP contribution in [0.15, 0.2) is 22.7 Å². The number of fused-ring (bicyclic) bond motifs is 3. The summed E-state index contributed by atoms with van der Waals surface area (Å²) in [6.45, 7) is 3.86. The van der Waals surface area contributed by atoms with Crippen LogP contribution in [0.2, 0.25) is 0 Å². The van der Waals surface area contributed by atoms with Gasteiger partial charge in [0.1, 0.15) is 11.9 Å². The molecule has 2 unspecified atom stereocenters. The lowest BCUT2D eigenvalue weighted by atomic mass is 9.95. The molecule has 0 radical (unpaired) electrons. The molecule has 8 heteroatoms. The van der Waals surface area contributed by atoms with Crippen molar-refractivity contribution in [3.05, 3.63) is 28.5 Å². The Morgan fingerprint density at radius 3 is 2.86 bits per heavy atom. The fourth-order valence-corrected chi connectivity index (χ4v) is 5.02. The zero-order valence-corrected chi connectivity index (χ0v) is 17.8. The normalized spacial score (nSPS) is 24.8. The first-order valence-corrected chi connectivity index (χ1v) is 10.5. The molecule has 2 bridgehead atoms. The van der Waals surface area contributed by atoms with Crippen LogP contribution in [0.1, 0.15) is 45.0 Å². The second kappa shape index (κ2) is 7.39. The molecule has 1 aliphatic carbocycles. The van der Waals surface area contributed by atoms with Gasteiger partial charge >= 0.3 is 6.09 Å². The van der Waals surface area contributed by atoms with Crippen LogP contribution in [0.5, 0.6) is 0 Å². The Kier molecular flexibility index (Phi) is 5.07. The number of aromatic nitrogens is 2. The molecule has 2 N–H and O–H groups in total. The number of nitrogens with one attached hydrogen (secondary N) is 2. The Balaban J connectivity index is 1.67. The zero-order chi connectivity index (χ0) is 20.0. The highest BCUT2D eigenvalue weighted by atomic mass is 79.9. The third-order valence-electron chi connectivity index (χ3n) is 5.97. The summed E-state index contributed by atoms with van der Waals surface area (Å²) in [7, 11) is 1.31. The number of rotatable bonds is 4. The molecule has 4 rings (SSSR count). The summed E-state index contributed by atoms with van der Waals surface area (Å²) in [5.74, 6) is 1.12. The maximum Gasteiger partial charge on any atom is 0.407 e. The molecule has 1 saturated heterocycles. The van der Waals surface area contributed by atoms with Gasteiger partial charge in [-0.25, -0.2) is 9.78 Å². The minimum atomic E-state index is -0.618. The summed E-state index contributed by atoms with van der Waals surface area (Å²) < 4.78 is 5.71. The van der Waals surface area contributed by atoms with Crippen molar-refractivity contribution in [2.24, 2.45) is 11.8 Å². The number of methoxy groups -OCH3 is 1. The van der Waals surface area contributed by atoms with E-state index < -0.39 is 12.1 Å². The third-order valence-corrected chi connectivity index (χ3v) is 6.47. The SMILES string of the molecule is COC(=O)N[C@H](C(=O)N1C2CCC(C2)[C@H]1c1nc2ccc(Br)cc2[nH]1)C(C)C. The number of ether oxygens (including phenoxy) is 1. The standard InChI is InChI=1S/C20H25BrN4O3/c1-10(2)16(24-20(27)28-3)19(26)25-13-6-4-11(8-13)17(25)18-22-14-7-5-12(21)9-15(14)23-18/h5,7,9-11,13,16-17H,4,6,8H2,1-3H3,(H,22,23)(H,24,27)/t11?,13?,16-,17-/m0/s1. The number of halogens is 1. The molecule has 2 amide bonds. The number of aromatic amines is 1. The lowest BCUT2D eigenvalue weighted by molar-refractivity contribution is -0.139. The van der Waals surface area contributed by atoms with Gasteiger partial charge in [0.15, 0.2) is 0 Å². The number of alkyl carbamates (subject to hydrolysis) is 1. The molecule has 28 heavy (non-hydrogen) atoms. The Bertz CT molecular complexity index is 912. The minimum absolute atomic E-state index is 0.0435. The van der Waals surface area contributed by atoms with Gasteiger partial charge in [-0.3, -0.25) is 4.79 Å². The van der Waals surface area contributed by atoms with Gasteiger partial charge in [-0.05, 0) is 49.3 Å². The average molecular weight is 449 g/mol. The van der Waals surface area contributed by atoms with E-state index in [1.54, 1.807) is 0 Å². The van der Waals surface area contributed by atoms with Crippen molar-refractivity contribution in [1.82, 2.24) is 20.2 Å². The van der Waals surface area contributed by atoms with Crippen molar-refractivity contribution in [2.75, 3.05) is 7.11 Å². The molecule has 2 aliphatic rings. The Hall–Kier alpha value is -2.09. The molecule has 1 saturated carbocycles. The van der Waals surface area contributed by atoms with E-state index in [0.29, 0.717) is 5.92 Å². The van der Waals surface area contributed by atoms with Crippen LogP contribution in [0.25, 0.3) is 11.0 Å². The zero-order valence-electron chi connectivity index (χ0n) is 16.2. The van der Waals surface area contributed by atoms with E-state index in [2.05, 4.69) is 26.2 Å². The maximum atomic E-state index is 13.5. The number of hydrogen-bond donors (Lipinski definition) is 2. The first-order valence-electron chi connectivity index (χ1n) is 9.71. The fourth-order valence-electron chi connectivity index (χ4n) is 4.66. The van der Waals surface area contributed by atoms with Gasteiger partial charge in [-0.1, -0.05) is 29.8 Å². The molecule has 2 fully saturated rings. The predicted octanol–water partition coefficient (Wildman–Crippen LogP) is 3.76. The van der Waals surface area contributed by atoms with Crippen molar-refractivity contribution in [3.63, 3.8) is 0 Å². The Morgan fingerprint density at radius 2 is 2.14 bits per heavy atom. The number of likely N-dealkylation sites (tertiary alicyclic amines) is 1. The minimum Gasteiger partial charge on any atom is -0.453 e. The topological polar surface area (TPSA) is 87.3 Å². The van der Waals surface area contributed by atoms with Crippen LogP contribution in [0.3, 0.4) is 0 Å². The van der Waals surface area contributed by atoms with Gasteiger partial charge in [-0.15, -0.1) is 0 Å². The van der Waals surface area contributed by atoms with Crippen molar-refractivity contribution in [1.29, 1.82) is 0 Å².